The van der Waals surface area contributed by atoms with E-state index >= 15 is 0 Å². The summed E-state index contributed by atoms with van der Waals surface area (Å²) in [6.07, 6.45) is 1.79. The minimum Gasteiger partial charge on any atom is -0.497 e. The van der Waals surface area contributed by atoms with Gasteiger partial charge in [-0.3, -0.25) is 4.79 Å². The highest BCUT2D eigenvalue weighted by atomic mass is 16.7. The van der Waals surface area contributed by atoms with Gasteiger partial charge < -0.3 is 18.9 Å². The molecule has 5 heteroatoms. The Kier molecular flexibility index (Phi) is 3.71. The summed E-state index contributed by atoms with van der Waals surface area (Å²) in [5.74, 6) is -0.356. The first kappa shape index (κ1) is 13.1. The van der Waals surface area contributed by atoms with Crippen molar-refractivity contribution >= 4 is 5.97 Å². The largest absolute Gasteiger partial charge is 0.497 e. The Hall–Kier alpha value is -1.85. The Bertz CT molecular complexity index is 498. The molecule has 2 heterocycles. The average molecular weight is 276 g/mol. The van der Waals surface area contributed by atoms with Crippen LogP contribution in [-0.2, 0) is 23.7 Å². The van der Waals surface area contributed by atoms with Crippen molar-refractivity contribution in [3.8, 4) is 0 Å². The van der Waals surface area contributed by atoms with Gasteiger partial charge in [0.1, 0.15) is 18.8 Å². The molecule has 0 bridgehead atoms. The van der Waals surface area contributed by atoms with E-state index in [1.807, 2.05) is 30.3 Å². The van der Waals surface area contributed by atoms with Crippen molar-refractivity contribution in [1.29, 1.82) is 0 Å². The van der Waals surface area contributed by atoms with Crippen molar-refractivity contribution in [2.24, 2.45) is 0 Å². The summed E-state index contributed by atoms with van der Waals surface area (Å²) in [5, 5.41) is 0. The maximum absolute atomic E-state index is 11.2. The molecule has 1 aromatic carbocycles. The molecular formula is C15H16O5. The topological polar surface area (TPSA) is 54.0 Å². The Morgan fingerprint density at radius 1 is 1.25 bits per heavy atom. The van der Waals surface area contributed by atoms with Crippen molar-refractivity contribution in [2.45, 2.75) is 31.5 Å². The Morgan fingerprint density at radius 2 is 2.05 bits per heavy atom. The summed E-state index contributed by atoms with van der Waals surface area (Å²) in [4.78, 5) is 11.2. The van der Waals surface area contributed by atoms with Crippen molar-refractivity contribution < 1.29 is 23.7 Å². The third kappa shape index (κ3) is 2.69. The van der Waals surface area contributed by atoms with Gasteiger partial charge in [-0.15, -0.1) is 0 Å². The van der Waals surface area contributed by atoms with Gasteiger partial charge in [-0.05, 0) is 6.08 Å². The van der Waals surface area contributed by atoms with Crippen LogP contribution in [0.4, 0.5) is 0 Å². The summed E-state index contributed by atoms with van der Waals surface area (Å²) >= 11 is 0. The second kappa shape index (κ2) is 5.64. The highest BCUT2D eigenvalue weighted by Gasteiger charge is 2.43. The summed E-state index contributed by atoms with van der Waals surface area (Å²) in [6.45, 7) is 1.64. The first-order valence-corrected chi connectivity index (χ1v) is 6.55. The first-order valence-electron chi connectivity index (χ1n) is 6.55. The van der Waals surface area contributed by atoms with E-state index in [0.717, 1.165) is 5.56 Å². The molecule has 20 heavy (non-hydrogen) atoms. The average Bonchev–Trinajstić information content (AvgIpc) is 2.79. The van der Waals surface area contributed by atoms with Gasteiger partial charge in [0.2, 0.25) is 0 Å². The molecule has 0 spiro atoms. The molecule has 1 saturated heterocycles. The number of benzene rings is 1. The number of fused-ring (bicyclic) bond motifs is 1. The van der Waals surface area contributed by atoms with Gasteiger partial charge in [0, 0.05) is 12.5 Å². The number of esters is 1. The highest BCUT2D eigenvalue weighted by molar-refractivity contribution is 5.66. The second-order valence-corrected chi connectivity index (χ2v) is 4.75. The number of carbonyl (C=O) groups is 1. The maximum atomic E-state index is 11.2. The molecule has 2 aliphatic heterocycles. The molecule has 1 aromatic rings. The number of hydrogen-bond donors (Lipinski definition) is 0. The van der Waals surface area contributed by atoms with Crippen LogP contribution in [0, 0.1) is 0 Å². The van der Waals surface area contributed by atoms with Gasteiger partial charge in [0.25, 0.3) is 0 Å². The zero-order valence-electron chi connectivity index (χ0n) is 11.1. The molecule has 0 saturated carbocycles. The van der Waals surface area contributed by atoms with Gasteiger partial charge in [-0.2, -0.15) is 0 Å². The molecule has 0 N–H and O–H groups in total. The van der Waals surface area contributed by atoms with E-state index in [-0.39, 0.29) is 24.8 Å². The lowest BCUT2D eigenvalue weighted by Gasteiger charge is -2.22. The predicted molar refractivity (Wildman–Crippen MR) is 69.6 cm³/mol. The lowest BCUT2D eigenvalue weighted by molar-refractivity contribution is -0.159. The third-order valence-electron chi connectivity index (χ3n) is 3.27. The van der Waals surface area contributed by atoms with E-state index in [1.54, 1.807) is 12.3 Å². The Labute approximate surface area is 117 Å². The summed E-state index contributed by atoms with van der Waals surface area (Å²) < 4.78 is 22.3. The van der Waals surface area contributed by atoms with E-state index in [0.29, 0.717) is 0 Å². The monoisotopic (exact) mass is 276 g/mol. The van der Waals surface area contributed by atoms with Crippen molar-refractivity contribution in [2.75, 3.05) is 6.61 Å². The predicted octanol–water partition coefficient (Wildman–Crippen LogP) is 1.94. The lowest BCUT2D eigenvalue weighted by Crippen LogP contribution is -2.38. The minimum atomic E-state index is -0.471. The fraction of sp³-hybridized carbons (Fsp3) is 0.400. The molecule has 1 fully saturated rings. The number of carbonyl (C=O) groups excluding carboxylic acids is 1. The van der Waals surface area contributed by atoms with Gasteiger partial charge in [-0.25, -0.2) is 0 Å². The molecule has 0 aliphatic carbocycles. The number of hydrogen-bond acceptors (Lipinski definition) is 5. The zero-order valence-corrected chi connectivity index (χ0v) is 11.1. The van der Waals surface area contributed by atoms with Crippen LogP contribution in [0.25, 0.3) is 0 Å². The first-order chi connectivity index (χ1) is 9.74. The molecule has 106 valence electrons. The van der Waals surface area contributed by atoms with Gasteiger partial charge in [0.05, 0.1) is 6.26 Å². The Balaban J connectivity index is 1.78. The summed E-state index contributed by atoms with van der Waals surface area (Å²) in [6, 6.07) is 9.68. The van der Waals surface area contributed by atoms with Crippen LogP contribution in [0.5, 0.6) is 0 Å². The van der Waals surface area contributed by atoms with Gasteiger partial charge in [0.15, 0.2) is 12.4 Å². The summed E-state index contributed by atoms with van der Waals surface area (Å²) in [7, 11) is 0. The van der Waals surface area contributed by atoms with E-state index in [1.165, 1.54) is 6.92 Å². The Morgan fingerprint density at radius 3 is 2.80 bits per heavy atom. The molecule has 0 radical (unpaired) electrons. The van der Waals surface area contributed by atoms with E-state index in [9.17, 15) is 4.79 Å². The molecule has 0 aromatic heterocycles. The van der Waals surface area contributed by atoms with E-state index in [2.05, 4.69) is 0 Å². The fourth-order valence-corrected chi connectivity index (χ4v) is 2.39. The molecule has 5 nitrogen and oxygen atoms in total. The molecule has 2 aliphatic rings. The van der Waals surface area contributed by atoms with Crippen LogP contribution >= 0.6 is 0 Å². The van der Waals surface area contributed by atoms with Crippen molar-refractivity contribution in [1.82, 2.24) is 0 Å². The van der Waals surface area contributed by atoms with Gasteiger partial charge >= 0.3 is 5.97 Å². The van der Waals surface area contributed by atoms with Crippen LogP contribution in [0.1, 0.15) is 18.8 Å². The van der Waals surface area contributed by atoms with Crippen LogP contribution in [0.2, 0.25) is 0 Å². The third-order valence-corrected chi connectivity index (χ3v) is 3.27. The minimum absolute atomic E-state index is 0.266. The summed E-state index contributed by atoms with van der Waals surface area (Å²) in [5.41, 5.74) is 0.941. The molecule has 4 atom stereocenters. The van der Waals surface area contributed by atoms with Crippen molar-refractivity contribution in [3.63, 3.8) is 0 Å². The molecule has 0 unspecified atom stereocenters. The lowest BCUT2D eigenvalue weighted by atomic mass is 10.1. The highest BCUT2D eigenvalue weighted by Crippen LogP contribution is 2.35. The second-order valence-electron chi connectivity index (χ2n) is 4.75. The number of rotatable bonds is 2. The molecule has 3 rings (SSSR count). The standard InChI is InChI=1S/C15H16O5/c1-10(16)18-13-9-17-8-7-12-14(13)20-15(19-12)11-5-3-2-4-6-11/h2-8,12-15H,9H2,1H3/t12-,13+,14-,15-/m0/s1. The maximum Gasteiger partial charge on any atom is 0.303 e. The number of ether oxygens (including phenoxy) is 4. The van der Waals surface area contributed by atoms with Crippen LogP contribution in [-0.4, -0.2) is 30.9 Å². The normalized spacial score (nSPS) is 32.0. The van der Waals surface area contributed by atoms with E-state index in [4.69, 9.17) is 18.9 Å². The van der Waals surface area contributed by atoms with Crippen molar-refractivity contribution in [3.05, 3.63) is 48.2 Å². The van der Waals surface area contributed by atoms with Crippen LogP contribution in [0.15, 0.2) is 42.7 Å². The quantitative estimate of drug-likeness (QED) is 0.773. The van der Waals surface area contributed by atoms with E-state index < -0.39 is 12.4 Å². The smallest absolute Gasteiger partial charge is 0.303 e. The SMILES string of the molecule is CC(=O)O[C@@H]1COC=C[C@@H]2O[C@H](c3ccccc3)O[C@@H]21. The zero-order chi connectivity index (χ0) is 13.9. The van der Waals surface area contributed by atoms with Crippen LogP contribution in [0.3, 0.4) is 0 Å². The molecule has 0 amide bonds. The molecular weight excluding hydrogens is 260 g/mol. The van der Waals surface area contributed by atoms with Crippen LogP contribution < -0.4 is 0 Å². The fourth-order valence-electron chi connectivity index (χ4n) is 2.39. The van der Waals surface area contributed by atoms with Gasteiger partial charge in [-0.1, -0.05) is 30.3 Å².